The minimum atomic E-state index is -0.994. The van der Waals surface area contributed by atoms with E-state index in [1.54, 1.807) is 6.92 Å². The molecule has 1 aromatic heterocycles. The summed E-state index contributed by atoms with van der Waals surface area (Å²) in [6.45, 7) is 2.46. The van der Waals surface area contributed by atoms with E-state index in [0.29, 0.717) is 43.1 Å². The molecule has 2 aromatic rings. The minimum absolute atomic E-state index is 0.0450. The van der Waals surface area contributed by atoms with Gasteiger partial charge in [-0.1, -0.05) is 35.5 Å². The topological polar surface area (TPSA) is 102 Å². The van der Waals surface area contributed by atoms with E-state index in [2.05, 4.69) is 10.5 Å². The Bertz CT molecular complexity index is 763. The van der Waals surface area contributed by atoms with Crippen LogP contribution in [0.15, 0.2) is 34.9 Å². The van der Waals surface area contributed by atoms with E-state index in [1.165, 1.54) is 0 Å². The molecule has 25 heavy (non-hydrogen) atoms. The summed E-state index contributed by atoms with van der Waals surface area (Å²) in [4.78, 5) is 24.4. The number of hydrogen-bond donors (Lipinski definition) is 2. The zero-order chi connectivity index (χ0) is 17.9. The number of nitrogens with one attached hydrogen (secondary N) is 1. The normalized spacial score (nSPS) is 16.4. The summed E-state index contributed by atoms with van der Waals surface area (Å²) in [5.74, 6) is -0.904. The molecule has 2 N–H and O–H groups in total. The molecule has 1 amide bonds. The van der Waals surface area contributed by atoms with Gasteiger partial charge in [-0.15, -0.1) is 0 Å². The average molecular weight is 344 g/mol. The predicted molar refractivity (Wildman–Crippen MR) is 89.1 cm³/mol. The summed E-state index contributed by atoms with van der Waals surface area (Å²) >= 11 is 0. The van der Waals surface area contributed by atoms with Crippen molar-refractivity contribution in [2.75, 3.05) is 19.8 Å². The van der Waals surface area contributed by atoms with Crippen molar-refractivity contribution in [2.45, 2.75) is 19.8 Å². The van der Waals surface area contributed by atoms with Crippen LogP contribution in [0.4, 0.5) is 0 Å². The van der Waals surface area contributed by atoms with Gasteiger partial charge in [-0.25, -0.2) is 0 Å². The summed E-state index contributed by atoms with van der Waals surface area (Å²) < 4.78 is 10.4. The SMILES string of the molecule is Cc1onc(-c2ccccc2)c1C(=O)NCC1(C(=O)O)CCOCC1. The predicted octanol–water partition coefficient (Wildman–Crippen LogP) is 2.26. The van der Waals surface area contributed by atoms with Crippen LogP contribution in [-0.4, -0.2) is 41.9 Å². The fourth-order valence-corrected chi connectivity index (χ4v) is 3.00. The van der Waals surface area contributed by atoms with Crippen molar-refractivity contribution in [3.05, 3.63) is 41.7 Å². The number of carbonyl (C=O) groups is 2. The molecule has 132 valence electrons. The molecule has 0 spiro atoms. The Morgan fingerprint density at radius 3 is 2.56 bits per heavy atom. The molecule has 1 saturated heterocycles. The number of nitrogens with zero attached hydrogens (tertiary/aromatic N) is 1. The molecule has 0 bridgehead atoms. The molecule has 0 aliphatic carbocycles. The largest absolute Gasteiger partial charge is 0.481 e. The lowest BCUT2D eigenvalue weighted by atomic mass is 9.80. The third-order valence-electron chi connectivity index (χ3n) is 4.63. The molecule has 0 atom stereocenters. The van der Waals surface area contributed by atoms with Crippen LogP contribution < -0.4 is 5.32 Å². The number of carboxylic acid groups (broad SMARTS) is 1. The molecule has 7 heteroatoms. The number of aryl methyl sites for hydroxylation is 1. The molecular formula is C18H20N2O5. The smallest absolute Gasteiger partial charge is 0.311 e. The van der Waals surface area contributed by atoms with Gasteiger partial charge in [0.25, 0.3) is 5.91 Å². The summed E-state index contributed by atoms with van der Waals surface area (Å²) in [5, 5.41) is 16.3. The highest BCUT2D eigenvalue weighted by Gasteiger charge is 2.40. The third kappa shape index (κ3) is 3.41. The van der Waals surface area contributed by atoms with E-state index < -0.39 is 11.4 Å². The Balaban J connectivity index is 1.80. The fourth-order valence-electron chi connectivity index (χ4n) is 3.00. The monoisotopic (exact) mass is 344 g/mol. The molecule has 2 heterocycles. The van der Waals surface area contributed by atoms with Gasteiger partial charge < -0.3 is 19.7 Å². The van der Waals surface area contributed by atoms with Gasteiger partial charge in [-0.3, -0.25) is 9.59 Å². The summed E-state index contributed by atoms with van der Waals surface area (Å²) in [5.41, 5.74) is 0.556. The Labute approximate surface area is 145 Å². The van der Waals surface area contributed by atoms with Gasteiger partial charge in [0.15, 0.2) is 0 Å². The summed E-state index contributed by atoms with van der Waals surface area (Å²) in [6, 6.07) is 9.25. The average Bonchev–Trinajstić information content (AvgIpc) is 3.03. The van der Waals surface area contributed by atoms with Crippen LogP contribution in [0, 0.1) is 12.3 Å². The number of ether oxygens (including phenoxy) is 1. The van der Waals surface area contributed by atoms with Crippen molar-refractivity contribution in [3.8, 4) is 11.3 Å². The van der Waals surface area contributed by atoms with E-state index in [4.69, 9.17) is 9.26 Å². The summed E-state index contributed by atoms with van der Waals surface area (Å²) in [7, 11) is 0. The number of aliphatic carboxylic acids is 1. The minimum Gasteiger partial charge on any atom is -0.481 e. The highest BCUT2D eigenvalue weighted by atomic mass is 16.5. The van der Waals surface area contributed by atoms with Crippen LogP contribution in [0.2, 0.25) is 0 Å². The van der Waals surface area contributed by atoms with Gasteiger partial charge in [0, 0.05) is 25.3 Å². The van der Waals surface area contributed by atoms with Crippen LogP contribution in [-0.2, 0) is 9.53 Å². The molecule has 0 unspecified atom stereocenters. The second-order valence-corrected chi connectivity index (χ2v) is 6.21. The van der Waals surface area contributed by atoms with Crippen LogP contribution >= 0.6 is 0 Å². The zero-order valence-electron chi connectivity index (χ0n) is 13.9. The molecule has 3 rings (SSSR count). The number of amides is 1. The fraction of sp³-hybridized carbons (Fsp3) is 0.389. The Morgan fingerprint density at radius 2 is 1.92 bits per heavy atom. The van der Waals surface area contributed by atoms with E-state index in [0.717, 1.165) is 5.56 Å². The van der Waals surface area contributed by atoms with E-state index in [1.807, 2.05) is 30.3 Å². The highest BCUT2D eigenvalue weighted by molar-refractivity contribution is 6.01. The highest BCUT2D eigenvalue weighted by Crippen LogP contribution is 2.31. The molecular weight excluding hydrogens is 324 g/mol. The maximum Gasteiger partial charge on any atom is 0.311 e. The molecule has 0 radical (unpaired) electrons. The van der Waals surface area contributed by atoms with Crippen molar-refractivity contribution < 1.29 is 24.0 Å². The first kappa shape index (κ1) is 17.2. The number of aromatic nitrogens is 1. The van der Waals surface area contributed by atoms with Gasteiger partial charge in [0.2, 0.25) is 0 Å². The zero-order valence-corrected chi connectivity index (χ0v) is 13.9. The van der Waals surface area contributed by atoms with Crippen LogP contribution in [0.3, 0.4) is 0 Å². The number of rotatable bonds is 5. The van der Waals surface area contributed by atoms with Crippen molar-refractivity contribution in [2.24, 2.45) is 5.41 Å². The quantitative estimate of drug-likeness (QED) is 0.863. The lowest BCUT2D eigenvalue weighted by molar-refractivity contribution is -0.154. The Hall–Kier alpha value is -2.67. The molecule has 1 aliphatic rings. The van der Waals surface area contributed by atoms with Gasteiger partial charge in [-0.2, -0.15) is 0 Å². The Morgan fingerprint density at radius 1 is 1.24 bits per heavy atom. The van der Waals surface area contributed by atoms with E-state index in [9.17, 15) is 14.7 Å². The number of hydrogen-bond acceptors (Lipinski definition) is 5. The molecule has 1 fully saturated rings. The van der Waals surface area contributed by atoms with Crippen LogP contribution in [0.25, 0.3) is 11.3 Å². The standard InChI is InChI=1S/C18H20N2O5/c1-12-14(15(20-25-12)13-5-3-2-4-6-13)16(21)19-11-18(17(22)23)7-9-24-10-8-18/h2-6H,7-11H2,1H3,(H,19,21)(H,22,23). The second kappa shape index (κ2) is 7.06. The van der Waals surface area contributed by atoms with E-state index >= 15 is 0 Å². The van der Waals surface area contributed by atoms with Gasteiger partial charge >= 0.3 is 5.97 Å². The van der Waals surface area contributed by atoms with Crippen LogP contribution in [0.5, 0.6) is 0 Å². The van der Waals surface area contributed by atoms with Crippen LogP contribution in [0.1, 0.15) is 29.0 Å². The van der Waals surface area contributed by atoms with E-state index in [-0.39, 0.29) is 12.5 Å². The van der Waals surface area contributed by atoms with Gasteiger partial charge in [0.1, 0.15) is 17.0 Å². The second-order valence-electron chi connectivity index (χ2n) is 6.21. The first-order chi connectivity index (χ1) is 12.0. The van der Waals surface area contributed by atoms with Crippen molar-refractivity contribution in [1.29, 1.82) is 0 Å². The maximum absolute atomic E-state index is 12.7. The first-order valence-electron chi connectivity index (χ1n) is 8.14. The van der Waals surface area contributed by atoms with Crippen molar-refractivity contribution in [1.82, 2.24) is 10.5 Å². The first-order valence-corrected chi connectivity index (χ1v) is 8.14. The van der Waals surface area contributed by atoms with Gasteiger partial charge in [0.05, 0.1) is 5.41 Å². The number of carboxylic acids is 1. The molecule has 7 nitrogen and oxygen atoms in total. The molecule has 1 aliphatic heterocycles. The van der Waals surface area contributed by atoms with Gasteiger partial charge in [-0.05, 0) is 19.8 Å². The lowest BCUT2D eigenvalue weighted by Gasteiger charge is -2.33. The third-order valence-corrected chi connectivity index (χ3v) is 4.63. The molecule has 1 aromatic carbocycles. The van der Waals surface area contributed by atoms with Crippen molar-refractivity contribution >= 4 is 11.9 Å². The number of benzene rings is 1. The maximum atomic E-state index is 12.7. The van der Waals surface area contributed by atoms with Crippen molar-refractivity contribution in [3.63, 3.8) is 0 Å². The molecule has 0 saturated carbocycles. The lowest BCUT2D eigenvalue weighted by Crippen LogP contribution is -2.46. The summed E-state index contributed by atoms with van der Waals surface area (Å²) in [6.07, 6.45) is 0.744. The number of carbonyl (C=O) groups excluding carboxylic acids is 1. The Kier molecular flexibility index (Phi) is 4.85.